The first-order valence-corrected chi connectivity index (χ1v) is 12.5. The number of benzene rings is 2. The summed E-state index contributed by atoms with van der Waals surface area (Å²) < 4.78 is 5.53. The van der Waals surface area contributed by atoms with Crippen LogP contribution in [0.15, 0.2) is 53.9 Å². The Morgan fingerprint density at radius 3 is 2.31 bits per heavy atom. The number of ether oxygens (including phenoxy) is 1. The molecule has 0 radical (unpaired) electrons. The zero-order valence-electron chi connectivity index (χ0n) is 19.6. The summed E-state index contributed by atoms with van der Waals surface area (Å²) >= 11 is 1.78. The van der Waals surface area contributed by atoms with E-state index in [1.807, 2.05) is 38.1 Å². The lowest BCUT2D eigenvalue weighted by Crippen LogP contribution is -1.97. The van der Waals surface area contributed by atoms with E-state index >= 15 is 0 Å². The van der Waals surface area contributed by atoms with E-state index in [2.05, 4.69) is 46.5 Å². The first-order chi connectivity index (χ1) is 15.8. The van der Waals surface area contributed by atoms with Gasteiger partial charge in [0.1, 0.15) is 5.69 Å². The summed E-state index contributed by atoms with van der Waals surface area (Å²) in [5.74, 6) is 0.570. The summed E-state index contributed by atoms with van der Waals surface area (Å²) in [5.41, 5.74) is 6.16. The average Bonchev–Trinajstić information content (AvgIpc) is 3.32. The summed E-state index contributed by atoms with van der Waals surface area (Å²) in [6, 6.07) is 16.5. The molecular weight excluding hydrogens is 414 g/mol. The summed E-state index contributed by atoms with van der Waals surface area (Å²) in [5, 5.41) is 3.45. The number of fused-ring (bicyclic) bond motifs is 1. The van der Waals surface area contributed by atoms with Crippen molar-refractivity contribution in [3.8, 4) is 17.1 Å². The van der Waals surface area contributed by atoms with Crippen molar-refractivity contribution in [3.05, 3.63) is 70.2 Å². The smallest absolute Gasteiger partial charge is 0.240 e. The van der Waals surface area contributed by atoms with E-state index in [0.29, 0.717) is 5.88 Å². The van der Waals surface area contributed by atoms with Crippen LogP contribution in [-0.2, 0) is 19.3 Å². The Bertz CT molecular complexity index is 1120. The largest absolute Gasteiger partial charge is 0.479 e. The van der Waals surface area contributed by atoms with Crippen molar-refractivity contribution in [2.75, 3.05) is 7.11 Å². The molecule has 32 heavy (non-hydrogen) atoms. The minimum atomic E-state index is 0.570. The molecule has 0 aliphatic carbocycles. The predicted octanol–water partition coefficient (Wildman–Crippen LogP) is 7.31. The molecule has 0 amide bonds. The van der Waals surface area contributed by atoms with Gasteiger partial charge in [0, 0.05) is 10.9 Å². The number of hydrogen-bond donors (Lipinski definition) is 0. The molecule has 0 unspecified atom stereocenters. The first kappa shape index (κ1) is 23.9. The Hall–Kier alpha value is -2.79. The van der Waals surface area contributed by atoms with Gasteiger partial charge in [-0.05, 0) is 55.9 Å². The number of hydrogen-bond acceptors (Lipinski definition) is 5. The molecule has 2 heterocycles. The monoisotopic (exact) mass is 447 g/mol. The maximum Gasteiger partial charge on any atom is 0.240 e. The third-order valence-electron chi connectivity index (χ3n) is 5.23. The molecule has 4 nitrogen and oxygen atoms in total. The van der Waals surface area contributed by atoms with Crippen molar-refractivity contribution in [2.24, 2.45) is 0 Å². The molecule has 0 bridgehead atoms. The van der Waals surface area contributed by atoms with Crippen LogP contribution in [0.4, 0.5) is 0 Å². The highest BCUT2D eigenvalue weighted by Crippen LogP contribution is 2.29. The Labute approximate surface area is 195 Å². The van der Waals surface area contributed by atoms with Crippen molar-refractivity contribution in [1.82, 2.24) is 15.0 Å². The summed E-state index contributed by atoms with van der Waals surface area (Å²) in [6.45, 7) is 6.16. The molecule has 2 aromatic heterocycles. The van der Waals surface area contributed by atoms with E-state index in [0.717, 1.165) is 41.6 Å². The molecular formula is C27H33N3OS. The van der Waals surface area contributed by atoms with Gasteiger partial charge in [0.15, 0.2) is 0 Å². The van der Waals surface area contributed by atoms with E-state index in [1.54, 1.807) is 18.4 Å². The first-order valence-electron chi connectivity index (χ1n) is 11.6. The maximum atomic E-state index is 5.53. The zero-order valence-corrected chi connectivity index (χ0v) is 20.4. The van der Waals surface area contributed by atoms with Crippen LogP contribution in [0.1, 0.15) is 56.3 Å². The third-order valence-corrected chi connectivity index (χ3v) is 6.27. The van der Waals surface area contributed by atoms with Crippen molar-refractivity contribution in [3.63, 3.8) is 0 Å². The highest BCUT2D eigenvalue weighted by molar-refractivity contribution is 7.09. The van der Waals surface area contributed by atoms with Crippen LogP contribution in [0, 0.1) is 0 Å². The van der Waals surface area contributed by atoms with Crippen molar-refractivity contribution < 1.29 is 4.74 Å². The van der Waals surface area contributed by atoms with Gasteiger partial charge in [-0.2, -0.15) is 0 Å². The summed E-state index contributed by atoms with van der Waals surface area (Å²) in [7, 11) is 1.65. The lowest BCUT2D eigenvalue weighted by Gasteiger charge is -2.10. The van der Waals surface area contributed by atoms with Crippen LogP contribution in [-0.4, -0.2) is 22.1 Å². The number of aryl methyl sites for hydroxylation is 3. The predicted molar refractivity (Wildman–Crippen MR) is 136 cm³/mol. The number of thiazole rings is 1. The molecule has 168 valence electrons. The molecule has 0 N–H and O–H groups in total. The van der Waals surface area contributed by atoms with Crippen LogP contribution >= 0.6 is 11.3 Å². The van der Waals surface area contributed by atoms with Gasteiger partial charge in [-0.3, -0.25) is 0 Å². The van der Waals surface area contributed by atoms with Crippen LogP contribution in [0.2, 0.25) is 0 Å². The van der Waals surface area contributed by atoms with Gasteiger partial charge >= 0.3 is 0 Å². The molecule has 4 rings (SSSR count). The van der Waals surface area contributed by atoms with Gasteiger partial charge in [0.2, 0.25) is 5.88 Å². The number of aromatic nitrogens is 3. The van der Waals surface area contributed by atoms with E-state index in [9.17, 15) is 0 Å². The highest BCUT2D eigenvalue weighted by atomic mass is 32.1. The van der Waals surface area contributed by atoms with Crippen molar-refractivity contribution >= 4 is 22.4 Å². The minimum absolute atomic E-state index is 0.570. The SMILES string of the molecule is CC.CCc1nc(CCCCCc2cccc(-c3nc4ccccc4nc3OC)c2)cs1. The number of nitrogens with zero attached hydrogens (tertiary/aromatic N) is 3. The Morgan fingerprint density at radius 1 is 0.844 bits per heavy atom. The molecule has 0 saturated carbocycles. The lowest BCUT2D eigenvalue weighted by molar-refractivity contribution is 0.400. The fourth-order valence-electron chi connectivity index (χ4n) is 3.63. The summed E-state index contributed by atoms with van der Waals surface area (Å²) in [6.07, 6.45) is 6.76. The van der Waals surface area contributed by atoms with Crippen molar-refractivity contribution in [1.29, 1.82) is 0 Å². The number of unbranched alkanes of at least 4 members (excludes halogenated alkanes) is 2. The van der Waals surface area contributed by atoms with E-state index < -0.39 is 0 Å². The maximum absolute atomic E-state index is 5.53. The minimum Gasteiger partial charge on any atom is -0.479 e. The van der Waals surface area contributed by atoms with E-state index in [4.69, 9.17) is 9.72 Å². The fourth-order valence-corrected chi connectivity index (χ4v) is 4.41. The Balaban J connectivity index is 0.00000141. The topological polar surface area (TPSA) is 47.9 Å². The third kappa shape index (κ3) is 6.13. The molecule has 4 aromatic rings. The van der Waals surface area contributed by atoms with Crippen LogP contribution < -0.4 is 4.74 Å². The van der Waals surface area contributed by atoms with Gasteiger partial charge in [0.05, 0.1) is 28.8 Å². The standard InChI is InChI=1S/C25H27N3OS.C2H6/c1-3-23-26-20(17-30-23)13-6-4-5-10-18-11-9-12-19(16-18)24-25(29-2)28-22-15-8-7-14-21(22)27-24;1-2/h7-9,11-12,14-17H,3-6,10,13H2,1-2H3;1-2H3. The van der Waals surface area contributed by atoms with E-state index in [-0.39, 0.29) is 0 Å². The normalized spacial score (nSPS) is 10.6. The lowest BCUT2D eigenvalue weighted by atomic mass is 10.0. The van der Waals surface area contributed by atoms with Crippen LogP contribution in [0.3, 0.4) is 0 Å². The van der Waals surface area contributed by atoms with Crippen molar-refractivity contribution in [2.45, 2.75) is 59.3 Å². The Morgan fingerprint density at radius 2 is 1.59 bits per heavy atom. The second-order valence-electron chi connectivity index (χ2n) is 7.42. The molecule has 0 fully saturated rings. The van der Waals surface area contributed by atoms with E-state index in [1.165, 1.54) is 35.5 Å². The molecule has 5 heteroatoms. The molecule has 0 aliphatic heterocycles. The fraction of sp³-hybridized carbons (Fsp3) is 0.370. The molecule has 2 aromatic carbocycles. The molecule has 0 aliphatic rings. The van der Waals surface area contributed by atoms with Crippen LogP contribution in [0.25, 0.3) is 22.3 Å². The van der Waals surface area contributed by atoms with Gasteiger partial charge in [-0.15, -0.1) is 11.3 Å². The highest BCUT2D eigenvalue weighted by Gasteiger charge is 2.12. The van der Waals surface area contributed by atoms with Crippen LogP contribution in [0.5, 0.6) is 5.88 Å². The Kier molecular flexibility index (Phi) is 9.17. The summed E-state index contributed by atoms with van der Waals surface area (Å²) in [4.78, 5) is 14.1. The van der Waals surface area contributed by atoms with Gasteiger partial charge in [-0.1, -0.05) is 57.5 Å². The second kappa shape index (κ2) is 12.3. The molecule has 0 saturated heterocycles. The van der Waals surface area contributed by atoms with Gasteiger partial charge in [-0.25, -0.2) is 15.0 Å². The number of para-hydroxylation sites is 2. The number of methoxy groups -OCH3 is 1. The number of rotatable bonds is 9. The average molecular weight is 448 g/mol. The van der Waals surface area contributed by atoms with Gasteiger partial charge in [0.25, 0.3) is 0 Å². The second-order valence-corrected chi connectivity index (χ2v) is 8.36. The zero-order chi connectivity index (χ0) is 22.8. The quantitative estimate of drug-likeness (QED) is 0.252. The molecule has 0 spiro atoms. The molecule has 0 atom stereocenters. The van der Waals surface area contributed by atoms with Gasteiger partial charge < -0.3 is 4.74 Å².